The van der Waals surface area contributed by atoms with Gasteiger partial charge in [0.1, 0.15) is 0 Å². The lowest BCUT2D eigenvalue weighted by Gasteiger charge is -2.34. The predicted molar refractivity (Wildman–Crippen MR) is 118 cm³/mol. The van der Waals surface area contributed by atoms with Crippen molar-refractivity contribution in [1.29, 1.82) is 0 Å². The van der Waals surface area contributed by atoms with E-state index >= 15 is 0 Å². The van der Waals surface area contributed by atoms with Gasteiger partial charge in [0, 0.05) is 37.2 Å². The summed E-state index contributed by atoms with van der Waals surface area (Å²) in [7, 11) is 0. The lowest BCUT2D eigenvalue weighted by atomic mass is 10.0. The third kappa shape index (κ3) is 6.48. The smallest absolute Gasteiger partial charge is 0.409 e. The van der Waals surface area contributed by atoms with Crippen molar-refractivity contribution >= 4 is 23.7 Å². The molecule has 8 nitrogen and oxygen atoms in total. The van der Waals surface area contributed by atoms with E-state index in [1.165, 1.54) is 5.56 Å². The summed E-state index contributed by atoms with van der Waals surface area (Å²) in [5, 5.41) is 4.03. The zero-order valence-corrected chi connectivity index (χ0v) is 18.3. The first-order chi connectivity index (χ1) is 14.6. The van der Waals surface area contributed by atoms with Gasteiger partial charge >= 0.3 is 6.09 Å². The number of nitrogens with two attached hydrogens (primary N) is 1. The van der Waals surface area contributed by atoms with Crippen molar-refractivity contribution in [3.8, 4) is 0 Å². The number of nitrogens with zero attached hydrogens (tertiary/aromatic N) is 3. The van der Waals surface area contributed by atoms with Gasteiger partial charge in [-0.1, -0.05) is 23.7 Å². The number of hydrogen-bond donors (Lipinski definition) is 2. The van der Waals surface area contributed by atoms with E-state index in [1.54, 1.807) is 4.90 Å². The van der Waals surface area contributed by atoms with Crippen LogP contribution in [0.25, 0.3) is 0 Å². The number of hydrogen-bond acceptors (Lipinski definition) is 5. The second kappa shape index (κ2) is 11.4. The molecule has 2 aliphatic rings. The number of likely N-dealkylation sites (tertiary alicyclic amines) is 1. The zero-order chi connectivity index (χ0) is 21.3. The summed E-state index contributed by atoms with van der Waals surface area (Å²) in [4.78, 5) is 20.6. The number of aliphatic imine (C=N–C) groups is 1. The van der Waals surface area contributed by atoms with E-state index in [-0.39, 0.29) is 18.2 Å². The summed E-state index contributed by atoms with van der Waals surface area (Å²) in [5.41, 5.74) is 7.36. The van der Waals surface area contributed by atoms with Crippen molar-refractivity contribution in [1.82, 2.24) is 15.1 Å². The van der Waals surface area contributed by atoms with Gasteiger partial charge in [-0.3, -0.25) is 9.89 Å². The van der Waals surface area contributed by atoms with Crippen molar-refractivity contribution in [3.63, 3.8) is 0 Å². The Balaban J connectivity index is 1.56. The number of carbonyl (C=O) groups excluding carboxylic acids is 1. The van der Waals surface area contributed by atoms with Gasteiger partial charge in [0.15, 0.2) is 5.96 Å². The molecule has 0 bridgehead atoms. The summed E-state index contributed by atoms with van der Waals surface area (Å²) >= 11 is 6.06. The van der Waals surface area contributed by atoms with E-state index in [9.17, 15) is 4.79 Å². The van der Waals surface area contributed by atoms with E-state index in [4.69, 9.17) is 26.8 Å². The molecular weight excluding hydrogens is 406 g/mol. The van der Waals surface area contributed by atoms with E-state index in [2.05, 4.69) is 15.2 Å². The number of piperidine rings is 1. The Morgan fingerprint density at radius 3 is 2.57 bits per heavy atom. The minimum atomic E-state index is -0.242. The van der Waals surface area contributed by atoms with Gasteiger partial charge in [0.25, 0.3) is 0 Å². The average molecular weight is 438 g/mol. The van der Waals surface area contributed by atoms with Gasteiger partial charge in [-0.2, -0.15) is 0 Å². The number of benzene rings is 1. The molecule has 0 radical (unpaired) electrons. The van der Waals surface area contributed by atoms with Crippen LogP contribution < -0.4 is 11.1 Å². The fraction of sp³-hybridized carbons (Fsp3) is 0.619. The van der Waals surface area contributed by atoms with Gasteiger partial charge in [-0.15, -0.1) is 0 Å². The maximum atomic E-state index is 11.8. The van der Waals surface area contributed by atoms with E-state index in [1.807, 2.05) is 31.2 Å². The van der Waals surface area contributed by atoms with Crippen molar-refractivity contribution in [2.75, 3.05) is 52.5 Å². The molecule has 2 saturated heterocycles. The molecule has 166 valence electrons. The molecule has 1 aromatic carbocycles. The molecular formula is C21H32ClN5O3. The Bertz CT molecular complexity index is 701. The largest absolute Gasteiger partial charge is 0.450 e. The van der Waals surface area contributed by atoms with Crippen molar-refractivity contribution < 1.29 is 14.3 Å². The summed E-state index contributed by atoms with van der Waals surface area (Å²) in [6.45, 7) is 7.26. The Morgan fingerprint density at radius 2 is 1.93 bits per heavy atom. The highest BCUT2D eigenvalue weighted by molar-refractivity contribution is 6.30. The first kappa shape index (κ1) is 22.7. The van der Waals surface area contributed by atoms with E-state index < -0.39 is 0 Å². The number of halogens is 1. The topological polar surface area (TPSA) is 92.4 Å². The maximum Gasteiger partial charge on any atom is 0.409 e. The molecule has 2 heterocycles. The molecule has 3 rings (SSSR count). The van der Waals surface area contributed by atoms with Crippen LogP contribution in [0, 0.1) is 0 Å². The Labute approximate surface area is 183 Å². The van der Waals surface area contributed by atoms with Crippen LogP contribution in [-0.2, 0) is 9.47 Å². The van der Waals surface area contributed by atoms with Gasteiger partial charge in [-0.25, -0.2) is 4.79 Å². The standard InChI is InChI=1S/C21H32ClN5O3/c1-2-30-21(28)27-9-7-18(8-10-27)25-20(23)24-15-19(26-11-13-29-14-12-26)16-3-5-17(22)6-4-16/h3-6,18-19H,2,7-15H2,1H3,(H3,23,24,25). The summed E-state index contributed by atoms with van der Waals surface area (Å²) in [6.07, 6.45) is 1.40. The fourth-order valence-electron chi connectivity index (χ4n) is 3.87. The van der Waals surface area contributed by atoms with Crippen LogP contribution in [-0.4, -0.2) is 80.4 Å². The lowest BCUT2D eigenvalue weighted by Crippen LogP contribution is -2.48. The molecule has 2 fully saturated rings. The number of morpholine rings is 1. The highest BCUT2D eigenvalue weighted by Gasteiger charge is 2.25. The number of ether oxygens (including phenoxy) is 2. The van der Waals surface area contributed by atoms with Crippen molar-refractivity contribution in [2.45, 2.75) is 31.8 Å². The summed E-state index contributed by atoms with van der Waals surface area (Å²) in [5.74, 6) is 0.441. The van der Waals surface area contributed by atoms with Crippen LogP contribution in [0.15, 0.2) is 29.3 Å². The molecule has 1 unspecified atom stereocenters. The molecule has 0 aromatic heterocycles. The number of nitrogens with one attached hydrogen (secondary N) is 1. The van der Waals surface area contributed by atoms with Crippen LogP contribution >= 0.6 is 11.6 Å². The van der Waals surface area contributed by atoms with Crippen LogP contribution in [0.2, 0.25) is 5.02 Å². The Morgan fingerprint density at radius 1 is 1.27 bits per heavy atom. The Kier molecular flexibility index (Phi) is 8.60. The third-order valence-corrected chi connectivity index (χ3v) is 5.80. The zero-order valence-electron chi connectivity index (χ0n) is 17.6. The second-order valence-electron chi connectivity index (χ2n) is 7.55. The second-order valence-corrected chi connectivity index (χ2v) is 7.98. The highest BCUT2D eigenvalue weighted by Crippen LogP contribution is 2.24. The molecule has 2 aliphatic heterocycles. The maximum absolute atomic E-state index is 11.8. The molecule has 1 aromatic rings. The first-order valence-corrected chi connectivity index (χ1v) is 11.0. The minimum Gasteiger partial charge on any atom is -0.450 e. The van der Waals surface area contributed by atoms with Crippen LogP contribution in [0.5, 0.6) is 0 Å². The molecule has 3 N–H and O–H groups in total. The number of amides is 1. The molecule has 1 amide bonds. The number of carbonyl (C=O) groups is 1. The molecule has 1 atom stereocenters. The number of guanidine groups is 1. The van der Waals surface area contributed by atoms with Crippen LogP contribution in [0.4, 0.5) is 4.79 Å². The monoisotopic (exact) mass is 437 g/mol. The third-order valence-electron chi connectivity index (χ3n) is 5.55. The SMILES string of the molecule is CCOC(=O)N1CCC(NC(N)=NCC(c2ccc(Cl)cc2)N2CCOCC2)CC1. The average Bonchev–Trinajstić information content (AvgIpc) is 2.76. The van der Waals surface area contributed by atoms with E-state index in [0.29, 0.717) is 32.2 Å². The molecule has 0 spiro atoms. The fourth-order valence-corrected chi connectivity index (χ4v) is 3.99. The minimum absolute atomic E-state index is 0.122. The Hall–Kier alpha value is -2.03. The van der Waals surface area contributed by atoms with E-state index in [0.717, 1.165) is 44.2 Å². The van der Waals surface area contributed by atoms with Crippen molar-refractivity contribution in [2.24, 2.45) is 10.7 Å². The quantitative estimate of drug-likeness (QED) is 0.523. The molecule has 9 heteroatoms. The van der Waals surface area contributed by atoms with Crippen molar-refractivity contribution in [3.05, 3.63) is 34.9 Å². The summed E-state index contributed by atoms with van der Waals surface area (Å²) in [6, 6.07) is 8.24. The van der Waals surface area contributed by atoms with Crippen LogP contribution in [0.1, 0.15) is 31.4 Å². The lowest BCUT2D eigenvalue weighted by molar-refractivity contribution is 0.0180. The van der Waals surface area contributed by atoms with Crippen LogP contribution in [0.3, 0.4) is 0 Å². The first-order valence-electron chi connectivity index (χ1n) is 10.6. The normalized spacial score (nSPS) is 20.1. The summed E-state index contributed by atoms with van der Waals surface area (Å²) < 4.78 is 10.6. The molecule has 30 heavy (non-hydrogen) atoms. The molecule has 0 saturated carbocycles. The van der Waals surface area contributed by atoms with Gasteiger partial charge in [-0.05, 0) is 37.5 Å². The highest BCUT2D eigenvalue weighted by atomic mass is 35.5. The van der Waals surface area contributed by atoms with Gasteiger partial charge in [0.2, 0.25) is 0 Å². The van der Waals surface area contributed by atoms with Gasteiger partial charge in [0.05, 0.1) is 32.4 Å². The van der Waals surface area contributed by atoms with Gasteiger partial charge < -0.3 is 25.4 Å². The number of rotatable bonds is 6. The molecule has 0 aliphatic carbocycles. The predicted octanol–water partition coefficient (Wildman–Crippen LogP) is 2.24.